The molecule has 2 fully saturated rings. The molecule has 2 aliphatic heterocycles. The van der Waals surface area contributed by atoms with E-state index in [9.17, 15) is 4.39 Å². The number of hydrogen-bond acceptors (Lipinski definition) is 4. The smallest absolute Gasteiger partial charge is 0.123 e. The lowest BCUT2D eigenvalue weighted by atomic mass is 9.79. The van der Waals surface area contributed by atoms with Gasteiger partial charge >= 0.3 is 0 Å². The molecule has 1 aromatic carbocycles. The Bertz CT molecular complexity index is 479. The molecular formula is C16H23FN2OS. The van der Waals surface area contributed by atoms with Gasteiger partial charge < -0.3 is 4.74 Å². The van der Waals surface area contributed by atoms with E-state index in [0.29, 0.717) is 5.92 Å². The first-order valence-electron chi connectivity index (χ1n) is 7.63. The zero-order valence-corrected chi connectivity index (χ0v) is 13.0. The van der Waals surface area contributed by atoms with Crippen molar-refractivity contribution in [1.82, 2.24) is 5.43 Å². The summed E-state index contributed by atoms with van der Waals surface area (Å²) in [5.41, 5.74) is 4.02. The summed E-state index contributed by atoms with van der Waals surface area (Å²) in [6, 6.07) is 6.99. The fourth-order valence-electron chi connectivity index (χ4n) is 3.55. The van der Waals surface area contributed by atoms with Crippen molar-refractivity contribution in [1.29, 1.82) is 0 Å². The zero-order chi connectivity index (χ0) is 14.7. The Kier molecular flexibility index (Phi) is 4.84. The Hall–Kier alpha value is -0.620. The first-order chi connectivity index (χ1) is 10.2. The molecule has 116 valence electrons. The van der Waals surface area contributed by atoms with E-state index in [-0.39, 0.29) is 17.5 Å². The average molecular weight is 310 g/mol. The first kappa shape index (κ1) is 15.3. The molecule has 1 aromatic rings. The molecule has 3 nitrogen and oxygen atoms in total. The monoisotopic (exact) mass is 310 g/mol. The van der Waals surface area contributed by atoms with E-state index in [2.05, 4.69) is 5.43 Å². The van der Waals surface area contributed by atoms with Crippen molar-refractivity contribution in [2.75, 3.05) is 18.1 Å². The molecule has 3 rings (SSSR count). The maximum atomic E-state index is 13.3. The average Bonchev–Trinajstić information content (AvgIpc) is 2.92. The van der Waals surface area contributed by atoms with Crippen LogP contribution in [-0.4, -0.2) is 29.8 Å². The van der Waals surface area contributed by atoms with E-state index in [1.807, 2.05) is 17.8 Å². The minimum atomic E-state index is -0.182. The van der Waals surface area contributed by atoms with Gasteiger partial charge in [0.2, 0.25) is 0 Å². The van der Waals surface area contributed by atoms with E-state index < -0.39 is 0 Å². The molecule has 0 radical (unpaired) electrons. The van der Waals surface area contributed by atoms with Crippen LogP contribution in [0, 0.1) is 11.7 Å². The molecule has 3 unspecified atom stereocenters. The molecule has 3 N–H and O–H groups in total. The largest absolute Gasteiger partial charge is 0.374 e. The first-order valence-corrected chi connectivity index (χ1v) is 8.78. The third-order valence-electron chi connectivity index (χ3n) is 4.73. The summed E-state index contributed by atoms with van der Waals surface area (Å²) >= 11 is 1.98. The summed E-state index contributed by atoms with van der Waals surface area (Å²) in [6.07, 6.45) is 3.99. The number of rotatable bonds is 4. The van der Waals surface area contributed by atoms with Crippen molar-refractivity contribution in [3.8, 4) is 0 Å². The van der Waals surface area contributed by atoms with Crippen LogP contribution in [0.1, 0.15) is 24.8 Å². The van der Waals surface area contributed by atoms with E-state index in [0.717, 1.165) is 43.6 Å². The molecule has 2 aliphatic rings. The second-order valence-electron chi connectivity index (χ2n) is 6.19. The summed E-state index contributed by atoms with van der Waals surface area (Å²) in [5, 5.41) is 0. The predicted molar refractivity (Wildman–Crippen MR) is 84.6 cm³/mol. The van der Waals surface area contributed by atoms with Gasteiger partial charge in [-0.2, -0.15) is 11.8 Å². The van der Waals surface area contributed by atoms with Crippen molar-refractivity contribution in [2.24, 2.45) is 11.8 Å². The van der Waals surface area contributed by atoms with Gasteiger partial charge in [-0.25, -0.2) is 4.39 Å². The van der Waals surface area contributed by atoms with Crippen LogP contribution in [0.15, 0.2) is 24.3 Å². The maximum absolute atomic E-state index is 13.3. The van der Waals surface area contributed by atoms with Crippen LogP contribution >= 0.6 is 11.8 Å². The summed E-state index contributed by atoms with van der Waals surface area (Å²) in [5.74, 6) is 8.39. The molecular weight excluding hydrogens is 287 g/mol. The van der Waals surface area contributed by atoms with Gasteiger partial charge in [0.15, 0.2) is 0 Å². The van der Waals surface area contributed by atoms with Gasteiger partial charge in [-0.05, 0) is 55.1 Å². The molecule has 0 aliphatic carbocycles. The maximum Gasteiger partial charge on any atom is 0.123 e. The van der Waals surface area contributed by atoms with Crippen molar-refractivity contribution < 1.29 is 9.13 Å². The van der Waals surface area contributed by atoms with Crippen LogP contribution in [0.3, 0.4) is 0 Å². The van der Waals surface area contributed by atoms with Crippen molar-refractivity contribution in [3.05, 3.63) is 35.6 Å². The van der Waals surface area contributed by atoms with Crippen molar-refractivity contribution in [3.63, 3.8) is 0 Å². The van der Waals surface area contributed by atoms with Crippen molar-refractivity contribution in [2.45, 2.75) is 37.3 Å². The van der Waals surface area contributed by atoms with Crippen LogP contribution in [0.4, 0.5) is 4.39 Å². The fourth-order valence-corrected chi connectivity index (χ4v) is 4.93. The van der Waals surface area contributed by atoms with Gasteiger partial charge in [-0.3, -0.25) is 11.3 Å². The van der Waals surface area contributed by atoms with Crippen molar-refractivity contribution >= 4 is 11.8 Å². The minimum Gasteiger partial charge on any atom is -0.374 e. The lowest BCUT2D eigenvalue weighted by molar-refractivity contribution is -0.0850. The molecule has 5 heteroatoms. The van der Waals surface area contributed by atoms with E-state index >= 15 is 0 Å². The molecule has 1 spiro atoms. The highest BCUT2D eigenvalue weighted by Crippen LogP contribution is 2.41. The van der Waals surface area contributed by atoms with Gasteiger partial charge in [0.05, 0.1) is 5.60 Å². The molecule has 0 aromatic heterocycles. The number of benzene rings is 1. The van der Waals surface area contributed by atoms with Crippen LogP contribution < -0.4 is 11.3 Å². The minimum absolute atomic E-state index is 0.0601. The second kappa shape index (κ2) is 6.65. The summed E-state index contributed by atoms with van der Waals surface area (Å²) in [4.78, 5) is 0. The Morgan fingerprint density at radius 2 is 2.43 bits per heavy atom. The number of ether oxygens (including phenoxy) is 1. The van der Waals surface area contributed by atoms with E-state index in [1.54, 1.807) is 12.1 Å². The van der Waals surface area contributed by atoms with Gasteiger partial charge in [0, 0.05) is 18.4 Å². The molecule has 0 bridgehead atoms. The SMILES string of the molecule is NNC(Cc1cccc(F)c1)C1CCOC2(CCSC2)C1. The Balaban J connectivity index is 1.67. The number of halogens is 1. The Morgan fingerprint density at radius 3 is 3.14 bits per heavy atom. The highest BCUT2D eigenvalue weighted by atomic mass is 32.2. The third-order valence-corrected chi connectivity index (χ3v) is 5.95. The predicted octanol–water partition coefficient (Wildman–Crippen LogP) is 2.50. The van der Waals surface area contributed by atoms with Crippen LogP contribution in [0.25, 0.3) is 0 Å². The van der Waals surface area contributed by atoms with Crippen LogP contribution in [0.5, 0.6) is 0 Å². The van der Waals surface area contributed by atoms with Crippen LogP contribution in [0.2, 0.25) is 0 Å². The molecule has 0 amide bonds. The quantitative estimate of drug-likeness (QED) is 0.663. The number of nitrogens with two attached hydrogens (primary N) is 1. The van der Waals surface area contributed by atoms with E-state index in [4.69, 9.17) is 10.6 Å². The Labute approximate surface area is 129 Å². The standard InChI is InChI=1S/C16H23FN2OS/c17-14-3-1-2-12(8-14)9-15(19-18)13-4-6-20-16(10-13)5-7-21-11-16/h1-3,8,13,15,19H,4-7,9-11,18H2. The Morgan fingerprint density at radius 1 is 1.52 bits per heavy atom. The second-order valence-corrected chi connectivity index (χ2v) is 7.30. The summed E-state index contributed by atoms with van der Waals surface area (Å²) in [6.45, 7) is 0.812. The summed E-state index contributed by atoms with van der Waals surface area (Å²) < 4.78 is 19.4. The highest BCUT2D eigenvalue weighted by Gasteiger charge is 2.42. The van der Waals surface area contributed by atoms with Gasteiger partial charge in [-0.15, -0.1) is 0 Å². The molecule has 2 heterocycles. The number of hydrazine groups is 1. The topological polar surface area (TPSA) is 47.3 Å². The lowest BCUT2D eigenvalue weighted by Gasteiger charge is -2.40. The molecule has 0 saturated carbocycles. The van der Waals surface area contributed by atoms with Gasteiger partial charge in [0.25, 0.3) is 0 Å². The molecule has 2 saturated heterocycles. The van der Waals surface area contributed by atoms with Gasteiger partial charge in [-0.1, -0.05) is 12.1 Å². The lowest BCUT2D eigenvalue weighted by Crippen LogP contribution is -2.49. The third kappa shape index (κ3) is 3.59. The zero-order valence-electron chi connectivity index (χ0n) is 12.2. The fraction of sp³-hybridized carbons (Fsp3) is 0.625. The van der Waals surface area contributed by atoms with Crippen LogP contribution in [-0.2, 0) is 11.2 Å². The highest BCUT2D eigenvalue weighted by molar-refractivity contribution is 7.99. The summed E-state index contributed by atoms with van der Waals surface area (Å²) in [7, 11) is 0. The van der Waals surface area contributed by atoms with E-state index in [1.165, 1.54) is 11.8 Å². The normalized spacial score (nSPS) is 30.7. The van der Waals surface area contributed by atoms with Gasteiger partial charge in [0.1, 0.15) is 5.82 Å². The number of hydrogen-bond donors (Lipinski definition) is 2. The number of thioether (sulfide) groups is 1. The molecule has 3 atom stereocenters. The number of nitrogens with one attached hydrogen (secondary N) is 1. The molecule has 21 heavy (non-hydrogen) atoms.